The molecule has 0 fully saturated rings. The number of Topliss-reactive ketones (excluding diaryl/α,β-unsaturated/α-hetero) is 1. The van der Waals surface area contributed by atoms with Crippen LogP contribution in [-0.4, -0.2) is 10.7 Å². The summed E-state index contributed by atoms with van der Waals surface area (Å²) in [5, 5.41) is 18.0. The highest BCUT2D eigenvalue weighted by molar-refractivity contribution is 6.01. The Hall–Kier alpha value is -3.15. The fourth-order valence-electron chi connectivity index (χ4n) is 4.10. The largest absolute Gasteiger partial charge is 0.372 e. The number of nitro benzene ring substituents is 1. The summed E-state index contributed by atoms with van der Waals surface area (Å²) in [6.45, 7) is 6.23. The van der Waals surface area contributed by atoms with E-state index in [4.69, 9.17) is 0 Å². The second-order valence-electron chi connectivity index (χ2n) is 8.43. The van der Waals surface area contributed by atoms with Crippen molar-refractivity contribution >= 4 is 22.8 Å². The minimum atomic E-state index is -0.413. The van der Waals surface area contributed by atoms with Crippen molar-refractivity contribution in [2.24, 2.45) is 5.41 Å². The molecule has 1 heterocycles. The van der Waals surface area contributed by atoms with Crippen molar-refractivity contribution in [1.29, 1.82) is 0 Å². The van der Waals surface area contributed by atoms with Crippen LogP contribution in [0.2, 0.25) is 0 Å². The van der Waals surface area contributed by atoms with E-state index < -0.39 is 4.92 Å². The summed E-state index contributed by atoms with van der Waals surface area (Å²) in [6, 6.07) is 12.2. The highest BCUT2D eigenvalue weighted by Gasteiger charge is 2.38. The molecule has 1 unspecified atom stereocenters. The fraction of sp³-hybridized carbons (Fsp3) is 0.318. The lowest BCUT2D eigenvalue weighted by molar-refractivity contribution is -0.384. The summed E-state index contributed by atoms with van der Waals surface area (Å²) in [7, 11) is 0. The zero-order valence-electron chi connectivity index (χ0n) is 16.2. The minimum absolute atomic E-state index is 0.0389. The van der Waals surface area contributed by atoms with E-state index in [0.29, 0.717) is 6.42 Å². The lowest BCUT2D eigenvalue weighted by Crippen LogP contribution is -2.31. The number of anilines is 2. The number of hydrogen-bond donors (Lipinski definition) is 2. The number of nitrogens with one attached hydrogen (secondary N) is 2. The first-order valence-corrected chi connectivity index (χ1v) is 9.38. The Balaban J connectivity index is 1.86. The van der Waals surface area contributed by atoms with E-state index in [2.05, 4.69) is 30.5 Å². The number of nitrogens with zero attached hydrogens (tertiary/aromatic N) is 1. The highest BCUT2D eigenvalue weighted by atomic mass is 16.6. The molecule has 6 nitrogen and oxygen atoms in total. The number of carbonyl (C=O) groups is 1. The standard InChI is InChI=1S/C22H23N3O3/c1-13-4-9-16-17(10-13)24-21(14-5-7-15(8-6-14)25(27)28)20-18(23-16)11-22(2,3)12-19(20)26/h4-10,21,23-24H,11-12H2,1-3H3. The molecule has 144 valence electrons. The van der Waals surface area contributed by atoms with Crippen molar-refractivity contribution in [3.8, 4) is 0 Å². The zero-order valence-corrected chi connectivity index (χ0v) is 16.2. The van der Waals surface area contributed by atoms with Gasteiger partial charge in [-0.1, -0.05) is 19.9 Å². The van der Waals surface area contributed by atoms with Gasteiger partial charge in [-0.25, -0.2) is 0 Å². The van der Waals surface area contributed by atoms with Crippen LogP contribution in [0.15, 0.2) is 53.7 Å². The van der Waals surface area contributed by atoms with Crippen molar-refractivity contribution in [2.45, 2.75) is 39.7 Å². The van der Waals surface area contributed by atoms with Gasteiger partial charge in [0.05, 0.1) is 22.3 Å². The molecule has 6 heteroatoms. The average molecular weight is 377 g/mol. The summed E-state index contributed by atoms with van der Waals surface area (Å²) in [5.41, 5.74) is 5.39. The Morgan fingerprint density at radius 3 is 2.46 bits per heavy atom. The van der Waals surface area contributed by atoms with Gasteiger partial charge >= 0.3 is 0 Å². The van der Waals surface area contributed by atoms with Crippen molar-refractivity contribution in [1.82, 2.24) is 0 Å². The van der Waals surface area contributed by atoms with Gasteiger partial charge in [0.2, 0.25) is 0 Å². The lowest BCUT2D eigenvalue weighted by Gasteiger charge is -2.34. The van der Waals surface area contributed by atoms with Crippen LogP contribution in [0.4, 0.5) is 17.1 Å². The van der Waals surface area contributed by atoms with Gasteiger partial charge in [-0.3, -0.25) is 14.9 Å². The highest BCUT2D eigenvalue weighted by Crippen LogP contribution is 2.45. The predicted molar refractivity (Wildman–Crippen MR) is 109 cm³/mol. The quantitative estimate of drug-likeness (QED) is 0.560. The smallest absolute Gasteiger partial charge is 0.269 e. The number of hydrogen-bond acceptors (Lipinski definition) is 5. The van der Waals surface area contributed by atoms with E-state index >= 15 is 0 Å². The van der Waals surface area contributed by atoms with E-state index in [1.54, 1.807) is 12.1 Å². The summed E-state index contributed by atoms with van der Waals surface area (Å²) < 4.78 is 0. The maximum Gasteiger partial charge on any atom is 0.269 e. The van der Waals surface area contributed by atoms with Crippen molar-refractivity contribution < 1.29 is 9.72 Å². The predicted octanol–water partition coefficient (Wildman–Crippen LogP) is 5.13. The third-order valence-corrected chi connectivity index (χ3v) is 5.41. The molecule has 2 aromatic rings. The Morgan fingerprint density at radius 1 is 1.07 bits per heavy atom. The molecular formula is C22H23N3O3. The molecule has 2 aliphatic rings. The minimum Gasteiger partial charge on any atom is -0.372 e. The second kappa shape index (κ2) is 6.48. The zero-order chi connectivity index (χ0) is 20.1. The van der Waals surface area contributed by atoms with Gasteiger partial charge in [-0.2, -0.15) is 0 Å². The number of benzene rings is 2. The molecular weight excluding hydrogens is 354 g/mol. The van der Waals surface area contributed by atoms with Crippen molar-refractivity contribution in [2.75, 3.05) is 10.6 Å². The third-order valence-electron chi connectivity index (χ3n) is 5.41. The number of fused-ring (bicyclic) bond motifs is 1. The molecule has 0 amide bonds. The monoisotopic (exact) mass is 377 g/mol. The van der Waals surface area contributed by atoms with Crippen LogP contribution in [-0.2, 0) is 4.79 Å². The Labute approximate surface area is 163 Å². The molecule has 0 saturated heterocycles. The van der Waals surface area contributed by atoms with Crippen LogP contribution < -0.4 is 10.6 Å². The maximum atomic E-state index is 13.1. The van der Waals surface area contributed by atoms with Crippen LogP contribution in [0.25, 0.3) is 0 Å². The molecule has 28 heavy (non-hydrogen) atoms. The normalized spacial score (nSPS) is 20.4. The van der Waals surface area contributed by atoms with Crippen LogP contribution in [0.3, 0.4) is 0 Å². The molecule has 0 radical (unpaired) electrons. The summed E-state index contributed by atoms with van der Waals surface area (Å²) >= 11 is 0. The number of aryl methyl sites for hydroxylation is 1. The van der Waals surface area contributed by atoms with Gasteiger partial charge < -0.3 is 10.6 Å². The van der Waals surface area contributed by atoms with E-state index in [9.17, 15) is 14.9 Å². The second-order valence-corrected chi connectivity index (χ2v) is 8.43. The Bertz CT molecular complexity index is 1010. The molecule has 0 spiro atoms. The van der Waals surface area contributed by atoms with Crippen LogP contribution in [0.5, 0.6) is 0 Å². The summed E-state index contributed by atoms with van der Waals surface area (Å²) in [5.74, 6) is 0.110. The van der Waals surface area contributed by atoms with E-state index in [0.717, 1.165) is 40.2 Å². The number of non-ortho nitro benzene ring substituents is 1. The SMILES string of the molecule is Cc1ccc2c(c1)NC(c1ccc([N+](=O)[O-])cc1)C1=C(CC(C)(C)CC1=O)N2. The van der Waals surface area contributed by atoms with E-state index in [1.807, 2.05) is 19.1 Å². The molecule has 1 aliphatic heterocycles. The van der Waals surface area contributed by atoms with Gasteiger partial charge in [-0.05, 0) is 54.2 Å². The van der Waals surface area contributed by atoms with Gasteiger partial charge in [-0.15, -0.1) is 0 Å². The molecule has 0 aromatic heterocycles. The Kier molecular flexibility index (Phi) is 4.22. The number of nitro groups is 1. The molecule has 0 bridgehead atoms. The van der Waals surface area contributed by atoms with E-state index in [1.165, 1.54) is 12.1 Å². The maximum absolute atomic E-state index is 13.1. The molecule has 2 N–H and O–H groups in total. The number of ketones is 1. The number of carbonyl (C=O) groups excluding carboxylic acids is 1. The van der Waals surface area contributed by atoms with Gasteiger partial charge in [0.15, 0.2) is 5.78 Å². The first-order chi connectivity index (χ1) is 13.2. The number of allylic oxidation sites excluding steroid dienone is 1. The van der Waals surface area contributed by atoms with Gasteiger partial charge in [0.1, 0.15) is 0 Å². The topological polar surface area (TPSA) is 84.3 Å². The fourth-order valence-corrected chi connectivity index (χ4v) is 4.10. The molecule has 1 aliphatic carbocycles. The van der Waals surface area contributed by atoms with E-state index in [-0.39, 0.29) is 22.9 Å². The van der Waals surface area contributed by atoms with Crippen molar-refractivity contribution in [3.63, 3.8) is 0 Å². The molecule has 1 atom stereocenters. The Morgan fingerprint density at radius 2 is 1.79 bits per heavy atom. The first kappa shape index (κ1) is 18.2. The molecule has 2 aromatic carbocycles. The molecule has 4 rings (SSSR count). The average Bonchev–Trinajstić information content (AvgIpc) is 2.77. The summed E-state index contributed by atoms with van der Waals surface area (Å²) in [6.07, 6.45) is 1.25. The van der Waals surface area contributed by atoms with Gasteiger partial charge in [0, 0.05) is 29.8 Å². The van der Waals surface area contributed by atoms with Gasteiger partial charge in [0.25, 0.3) is 5.69 Å². The lowest BCUT2D eigenvalue weighted by atomic mass is 9.73. The molecule has 0 saturated carbocycles. The third kappa shape index (κ3) is 3.26. The number of rotatable bonds is 2. The van der Waals surface area contributed by atoms with Crippen LogP contribution in [0, 0.1) is 22.5 Å². The first-order valence-electron chi connectivity index (χ1n) is 9.38. The summed E-state index contributed by atoms with van der Waals surface area (Å²) in [4.78, 5) is 23.7. The van der Waals surface area contributed by atoms with Crippen LogP contribution >= 0.6 is 0 Å². The van der Waals surface area contributed by atoms with Crippen molar-refractivity contribution in [3.05, 3.63) is 75.0 Å². The van der Waals surface area contributed by atoms with Crippen LogP contribution in [0.1, 0.15) is 43.9 Å².